The van der Waals surface area contributed by atoms with Gasteiger partial charge in [0.25, 0.3) is 0 Å². The average Bonchev–Trinajstić information content (AvgIpc) is 2.19. The zero-order chi connectivity index (χ0) is 12.0. The maximum atomic E-state index is 2.22. The van der Waals surface area contributed by atoms with E-state index in [1.807, 2.05) is 0 Å². The van der Waals surface area contributed by atoms with E-state index in [2.05, 4.69) is 55.4 Å². The summed E-state index contributed by atoms with van der Waals surface area (Å²) >= 11 is 0. The minimum absolute atomic E-state index is 0. The molecule has 0 N–H and O–H groups in total. The first kappa shape index (κ1) is 24.3. The topological polar surface area (TPSA) is 0 Å². The Morgan fingerprint density at radius 2 is 0.733 bits per heavy atom. The minimum Gasteiger partial charge on any atom is -0.0776 e. The van der Waals surface area contributed by atoms with E-state index in [9.17, 15) is 0 Å². The van der Waals surface area contributed by atoms with Crippen molar-refractivity contribution in [2.24, 2.45) is 11.8 Å². The van der Waals surface area contributed by atoms with Crippen molar-refractivity contribution in [1.82, 2.24) is 0 Å². The molecule has 0 aliphatic carbocycles. The molecule has 0 atom stereocenters. The lowest BCUT2D eigenvalue weighted by Crippen LogP contribution is -1.77. The van der Waals surface area contributed by atoms with Gasteiger partial charge in [-0.2, -0.15) is 0 Å². The van der Waals surface area contributed by atoms with Gasteiger partial charge in [0.05, 0.1) is 0 Å². The van der Waals surface area contributed by atoms with E-state index in [0.717, 1.165) is 11.8 Å². The smallest absolute Gasteiger partial charge is 0.0474 e. The van der Waals surface area contributed by atoms with Crippen LogP contribution in [0.25, 0.3) is 0 Å². The summed E-state index contributed by atoms with van der Waals surface area (Å²) in [6.07, 6.45) is 5.25. The van der Waals surface area contributed by atoms with Crippen LogP contribution in [-0.2, 0) is 0 Å². The summed E-state index contributed by atoms with van der Waals surface area (Å²) in [7, 11) is 0. The lowest BCUT2D eigenvalue weighted by atomic mass is 10.2. The van der Waals surface area contributed by atoms with Gasteiger partial charge < -0.3 is 0 Å². The normalized spacial score (nSPS) is 8.40. The molecule has 0 saturated heterocycles. The number of hydrogen-bond donors (Lipinski definition) is 0. The van der Waals surface area contributed by atoms with E-state index in [0.29, 0.717) is 0 Å². The van der Waals surface area contributed by atoms with Crippen molar-refractivity contribution in [1.29, 1.82) is 0 Å². The fourth-order valence-electron chi connectivity index (χ4n) is 0. The molecule has 0 bridgehead atoms. The van der Waals surface area contributed by atoms with Crippen LogP contribution >= 0.6 is 0 Å². The number of rotatable bonds is 3. The van der Waals surface area contributed by atoms with Crippen molar-refractivity contribution in [3.05, 3.63) is 0 Å². The molecule has 0 aliphatic heterocycles. The molecular weight excluding hydrogens is 180 g/mol. The number of hydrogen-bond acceptors (Lipinski definition) is 0. The van der Waals surface area contributed by atoms with Gasteiger partial charge in [0.1, 0.15) is 0 Å². The Labute approximate surface area is 101 Å². The first-order valence-corrected chi connectivity index (χ1v) is 6.45. The molecule has 15 heavy (non-hydrogen) atoms. The van der Waals surface area contributed by atoms with E-state index in [-0.39, 0.29) is 7.43 Å². The molecule has 0 unspecified atom stereocenters. The molecule has 0 saturated carbocycles. The largest absolute Gasteiger partial charge is 0.0776 e. The van der Waals surface area contributed by atoms with Gasteiger partial charge in [0.2, 0.25) is 0 Å². The molecular formula is C15H38. The zero-order valence-electron chi connectivity index (χ0n) is 12.0. The molecule has 0 aromatic carbocycles. The van der Waals surface area contributed by atoms with E-state index >= 15 is 0 Å². The zero-order valence-corrected chi connectivity index (χ0v) is 12.0. The molecule has 0 fully saturated rings. The van der Waals surface area contributed by atoms with Crippen LogP contribution in [-0.4, -0.2) is 0 Å². The molecule has 0 spiro atoms. The summed E-state index contributed by atoms with van der Waals surface area (Å²) in [6.45, 7) is 17.6. The highest BCUT2D eigenvalue weighted by Crippen LogP contribution is 1.94. The third-order valence-corrected chi connectivity index (χ3v) is 2.13. The Hall–Kier alpha value is 0. The molecule has 0 aromatic rings. The lowest BCUT2D eigenvalue weighted by molar-refractivity contribution is 0.626. The molecule has 0 radical (unpaired) electrons. The fourth-order valence-corrected chi connectivity index (χ4v) is 0. The van der Waals surface area contributed by atoms with Crippen molar-refractivity contribution in [3.8, 4) is 0 Å². The van der Waals surface area contributed by atoms with Gasteiger partial charge in [0.15, 0.2) is 0 Å². The Morgan fingerprint density at radius 1 is 0.600 bits per heavy atom. The Balaban J connectivity index is -0.0000000590. The van der Waals surface area contributed by atoms with Gasteiger partial charge in [-0.15, -0.1) is 0 Å². The van der Waals surface area contributed by atoms with Gasteiger partial charge in [0, 0.05) is 0 Å². The molecule has 98 valence electrons. The Bertz CT molecular complexity index is 52.4. The molecule has 0 aromatic heterocycles. The van der Waals surface area contributed by atoms with Crippen molar-refractivity contribution < 1.29 is 0 Å². The predicted octanol–water partition coefficient (Wildman–Crippen LogP) is 6.55. The first-order chi connectivity index (χ1) is 6.45. The second kappa shape index (κ2) is 23.7. The van der Waals surface area contributed by atoms with E-state index < -0.39 is 0 Å². The average molecular weight is 218 g/mol. The van der Waals surface area contributed by atoms with Crippen LogP contribution < -0.4 is 0 Å². The molecule has 0 rings (SSSR count). The lowest BCUT2D eigenvalue weighted by Gasteiger charge is -1.90. The van der Waals surface area contributed by atoms with Crippen LogP contribution in [0.2, 0.25) is 0 Å². The third kappa shape index (κ3) is 80.6. The van der Waals surface area contributed by atoms with Crippen molar-refractivity contribution >= 4 is 0 Å². The van der Waals surface area contributed by atoms with E-state index in [1.165, 1.54) is 25.7 Å². The summed E-state index contributed by atoms with van der Waals surface area (Å²) in [5.41, 5.74) is 0. The highest BCUT2D eigenvalue weighted by molar-refractivity contribution is 4.33. The number of unbranched alkanes of at least 4 members (excludes halogenated alkanes) is 1. The summed E-state index contributed by atoms with van der Waals surface area (Å²) in [5.74, 6) is 1.77. The molecule has 0 aliphatic rings. The van der Waals surface area contributed by atoms with Gasteiger partial charge in [-0.25, -0.2) is 0 Å². The van der Waals surface area contributed by atoms with Crippen LogP contribution in [0.3, 0.4) is 0 Å². The quantitative estimate of drug-likeness (QED) is 0.504. The summed E-state index contributed by atoms with van der Waals surface area (Å²) in [4.78, 5) is 0. The minimum atomic E-state index is 0. The standard InChI is InChI=1S/2C5H12.C4H10.CH4/c2*1-4-5(2)3;1-3-4-2;/h2*5H,4H2,1-3H3;3-4H2,1-2H3;1H4. The van der Waals surface area contributed by atoms with Crippen molar-refractivity contribution in [2.75, 3.05) is 0 Å². The monoisotopic (exact) mass is 218 g/mol. The van der Waals surface area contributed by atoms with Gasteiger partial charge in [-0.05, 0) is 11.8 Å². The van der Waals surface area contributed by atoms with Crippen molar-refractivity contribution in [3.63, 3.8) is 0 Å². The molecule has 0 amide bonds. The Morgan fingerprint density at radius 3 is 0.733 bits per heavy atom. The maximum Gasteiger partial charge on any atom is -0.0474 e. The highest BCUT2D eigenvalue weighted by Gasteiger charge is 1.80. The van der Waals surface area contributed by atoms with Gasteiger partial charge in [-0.1, -0.05) is 88.5 Å². The van der Waals surface area contributed by atoms with Crippen LogP contribution in [0, 0.1) is 11.8 Å². The fraction of sp³-hybridized carbons (Fsp3) is 1.00. The van der Waals surface area contributed by atoms with Crippen LogP contribution in [0.15, 0.2) is 0 Å². The van der Waals surface area contributed by atoms with Crippen LogP contribution in [0.1, 0.15) is 88.5 Å². The van der Waals surface area contributed by atoms with Gasteiger partial charge in [-0.3, -0.25) is 0 Å². The second-order valence-electron chi connectivity index (χ2n) is 4.60. The van der Waals surface area contributed by atoms with Crippen LogP contribution in [0.4, 0.5) is 0 Å². The highest BCUT2D eigenvalue weighted by atomic mass is 13.9. The molecule has 0 heteroatoms. The maximum absolute atomic E-state index is 2.22. The Kier molecular flexibility index (Phi) is 38.3. The summed E-state index contributed by atoms with van der Waals surface area (Å²) in [5, 5.41) is 0. The van der Waals surface area contributed by atoms with Gasteiger partial charge >= 0.3 is 0 Å². The summed E-state index contributed by atoms with van der Waals surface area (Å²) in [6, 6.07) is 0. The third-order valence-electron chi connectivity index (χ3n) is 2.13. The first-order valence-electron chi connectivity index (χ1n) is 6.45. The van der Waals surface area contributed by atoms with Crippen molar-refractivity contribution in [2.45, 2.75) is 88.5 Å². The molecule has 0 nitrogen and oxygen atoms in total. The summed E-state index contributed by atoms with van der Waals surface area (Å²) < 4.78 is 0. The van der Waals surface area contributed by atoms with Crippen LogP contribution in [0.5, 0.6) is 0 Å². The predicted molar refractivity (Wildman–Crippen MR) is 77.6 cm³/mol. The van der Waals surface area contributed by atoms with E-state index in [4.69, 9.17) is 0 Å². The molecule has 0 heterocycles. The second-order valence-corrected chi connectivity index (χ2v) is 4.60. The SMILES string of the molecule is C.CCC(C)C.CCC(C)C.CCCC. The van der Waals surface area contributed by atoms with E-state index in [1.54, 1.807) is 0 Å².